The minimum Gasteiger partial charge on any atom is -0.312 e. The first-order valence-corrected chi connectivity index (χ1v) is 10.3. The van der Waals surface area contributed by atoms with Crippen LogP contribution in [0, 0.1) is 0 Å². The predicted molar refractivity (Wildman–Crippen MR) is 117 cm³/mol. The van der Waals surface area contributed by atoms with E-state index in [4.69, 9.17) is 0 Å². The van der Waals surface area contributed by atoms with Gasteiger partial charge in [-0.3, -0.25) is 4.79 Å². The first-order chi connectivity index (χ1) is 12.6. The van der Waals surface area contributed by atoms with E-state index < -0.39 is 0 Å². The molecule has 0 aliphatic rings. The van der Waals surface area contributed by atoms with Gasteiger partial charge < -0.3 is 10.1 Å². The van der Waals surface area contributed by atoms with Crippen LogP contribution < -0.4 is 5.32 Å². The minimum atomic E-state index is -0.146. The van der Waals surface area contributed by atoms with Gasteiger partial charge in [0.25, 0.3) is 0 Å². The summed E-state index contributed by atoms with van der Waals surface area (Å²) in [6.07, 6.45) is 12.6. The second-order valence-corrected chi connectivity index (χ2v) is 8.32. The van der Waals surface area contributed by atoms with Gasteiger partial charge in [0, 0.05) is 18.4 Å². The first kappa shape index (κ1) is 25.5. The molecule has 3 heteroatoms. The van der Waals surface area contributed by atoms with Gasteiger partial charge in [-0.05, 0) is 85.8 Å². The van der Waals surface area contributed by atoms with E-state index in [1.54, 1.807) is 6.92 Å². The number of carbonyl (C=O) groups excluding carboxylic acids is 2. The van der Waals surface area contributed by atoms with Gasteiger partial charge in [0.2, 0.25) is 0 Å². The largest absolute Gasteiger partial charge is 0.312 e. The molecule has 0 spiro atoms. The molecule has 0 aromatic heterocycles. The Morgan fingerprint density at radius 3 is 1.78 bits per heavy atom. The molecular weight excluding hydrogens is 334 g/mol. The number of carbonyl (C=O) groups is 2. The van der Waals surface area contributed by atoms with E-state index in [2.05, 4.69) is 58.2 Å². The van der Waals surface area contributed by atoms with Crippen LogP contribution >= 0.6 is 0 Å². The summed E-state index contributed by atoms with van der Waals surface area (Å²) in [6.45, 7) is 15.0. The molecule has 0 saturated carbocycles. The Morgan fingerprint density at radius 1 is 0.815 bits per heavy atom. The van der Waals surface area contributed by atoms with Crippen LogP contribution in [0.1, 0.15) is 93.4 Å². The molecule has 0 saturated heterocycles. The molecule has 0 aromatic rings. The van der Waals surface area contributed by atoms with E-state index in [-0.39, 0.29) is 17.1 Å². The summed E-state index contributed by atoms with van der Waals surface area (Å²) in [7, 11) is 0. The number of hydrogen-bond donors (Lipinski definition) is 1. The Balaban J connectivity index is 4.27. The van der Waals surface area contributed by atoms with Gasteiger partial charge in [0.1, 0.15) is 5.78 Å². The third-order valence-corrected chi connectivity index (χ3v) is 4.71. The summed E-state index contributed by atoms with van der Waals surface area (Å²) >= 11 is 0. The normalized spacial score (nSPS) is 13.8. The van der Waals surface area contributed by atoms with Crippen molar-refractivity contribution in [2.24, 2.45) is 0 Å². The van der Waals surface area contributed by atoms with Crippen molar-refractivity contribution in [3.8, 4) is 0 Å². The molecule has 3 nitrogen and oxygen atoms in total. The van der Waals surface area contributed by atoms with Gasteiger partial charge in [-0.15, -0.1) is 0 Å². The Hall–Kier alpha value is -1.48. The lowest BCUT2D eigenvalue weighted by atomic mass is 9.94. The maximum Gasteiger partial charge on any atom is 0.160 e. The highest BCUT2D eigenvalue weighted by atomic mass is 16.1. The number of hydrogen-bond acceptors (Lipinski definition) is 3. The summed E-state index contributed by atoms with van der Waals surface area (Å²) in [5.74, 6) is 0.482. The fraction of sp³-hybridized carbons (Fsp3) is 0.667. The van der Waals surface area contributed by atoms with Crippen LogP contribution in [0.5, 0.6) is 0 Å². The topological polar surface area (TPSA) is 46.2 Å². The van der Waals surface area contributed by atoms with Crippen molar-refractivity contribution in [1.82, 2.24) is 5.32 Å². The van der Waals surface area contributed by atoms with E-state index in [1.807, 2.05) is 6.92 Å². The van der Waals surface area contributed by atoms with Crippen molar-refractivity contribution in [2.75, 3.05) is 6.54 Å². The zero-order valence-electron chi connectivity index (χ0n) is 18.7. The summed E-state index contributed by atoms with van der Waals surface area (Å²) in [4.78, 5) is 23.3. The smallest absolute Gasteiger partial charge is 0.160 e. The number of allylic oxidation sites excluding steroid dienone is 6. The van der Waals surface area contributed by atoms with Gasteiger partial charge in [-0.25, -0.2) is 0 Å². The van der Waals surface area contributed by atoms with E-state index in [0.717, 1.165) is 44.2 Å². The summed E-state index contributed by atoms with van der Waals surface area (Å²) in [5.41, 5.74) is 3.45. The monoisotopic (exact) mass is 375 g/mol. The second-order valence-electron chi connectivity index (χ2n) is 8.32. The minimum absolute atomic E-state index is 0.146. The van der Waals surface area contributed by atoms with E-state index >= 15 is 0 Å². The lowest BCUT2D eigenvalue weighted by molar-refractivity contribution is -0.117. The van der Waals surface area contributed by atoms with Crippen LogP contribution in [0.2, 0.25) is 0 Å². The molecule has 0 atom stereocenters. The van der Waals surface area contributed by atoms with Crippen LogP contribution in [0.3, 0.4) is 0 Å². The second kappa shape index (κ2) is 13.7. The maximum absolute atomic E-state index is 12.3. The van der Waals surface area contributed by atoms with Crippen molar-refractivity contribution in [1.29, 1.82) is 0 Å². The number of nitrogens with one attached hydrogen (secondary N) is 1. The van der Waals surface area contributed by atoms with Gasteiger partial charge in [0.05, 0.1) is 0 Å². The number of ketones is 2. The zero-order valence-corrected chi connectivity index (χ0v) is 18.7. The Labute approximate surface area is 167 Å². The lowest BCUT2D eigenvalue weighted by Crippen LogP contribution is -2.41. The summed E-state index contributed by atoms with van der Waals surface area (Å²) in [5, 5.41) is 3.35. The summed E-state index contributed by atoms with van der Waals surface area (Å²) in [6, 6.07) is 0. The average Bonchev–Trinajstić information content (AvgIpc) is 2.53. The highest BCUT2D eigenvalue weighted by molar-refractivity contribution is 5.95. The van der Waals surface area contributed by atoms with Crippen molar-refractivity contribution in [3.05, 3.63) is 34.9 Å². The highest BCUT2D eigenvalue weighted by Crippen LogP contribution is 2.15. The fourth-order valence-corrected chi connectivity index (χ4v) is 2.98. The summed E-state index contributed by atoms with van der Waals surface area (Å²) < 4.78 is 0. The van der Waals surface area contributed by atoms with Crippen LogP contribution in [0.4, 0.5) is 0 Å². The molecule has 0 aliphatic carbocycles. The van der Waals surface area contributed by atoms with Crippen LogP contribution in [-0.4, -0.2) is 23.7 Å². The van der Waals surface area contributed by atoms with Gasteiger partial charge >= 0.3 is 0 Å². The maximum atomic E-state index is 12.3. The van der Waals surface area contributed by atoms with E-state index in [0.29, 0.717) is 12.8 Å². The molecule has 0 aromatic carbocycles. The molecule has 0 unspecified atom stereocenters. The quantitative estimate of drug-likeness (QED) is 0.295. The molecule has 154 valence electrons. The standard InChI is InChI=1S/C24H41NO2/c1-8-25-24(6,7)18-23(27)21(4)16-10-14-19(2)12-9-13-20(3)15-11-17-22(5)26/h12,15-16,25H,8-11,13-14,17-18H2,1-7H3/b19-12+,20-15+,21-16+. The molecule has 0 radical (unpaired) electrons. The van der Waals surface area contributed by atoms with Gasteiger partial charge in [-0.2, -0.15) is 0 Å². The van der Waals surface area contributed by atoms with Crippen LogP contribution in [-0.2, 0) is 9.59 Å². The van der Waals surface area contributed by atoms with Gasteiger partial charge in [-0.1, -0.05) is 36.3 Å². The molecule has 0 aliphatic heterocycles. The third-order valence-electron chi connectivity index (χ3n) is 4.71. The van der Waals surface area contributed by atoms with Crippen molar-refractivity contribution in [2.45, 2.75) is 99.0 Å². The molecule has 0 amide bonds. The SMILES string of the molecule is CCNC(C)(C)CC(=O)/C(C)=C/CC/C(C)=C/CC/C(C)=C/CCC(C)=O. The van der Waals surface area contributed by atoms with Gasteiger partial charge in [0.15, 0.2) is 5.78 Å². The Kier molecular flexibility index (Phi) is 12.9. The first-order valence-electron chi connectivity index (χ1n) is 10.3. The molecule has 1 N–H and O–H groups in total. The zero-order chi connectivity index (χ0) is 20.9. The average molecular weight is 376 g/mol. The van der Waals surface area contributed by atoms with Crippen LogP contribution in [0.25, 0.3) is 0 Å². The van der Waals surface area contributed by atoms with Crippen LogP contribution in [0.15, 0.2) is 34.9 Å². The van der Waals surface area contributed by atoms with Crippen molar-refractivity contribution in [3.63, 3.8) is 0 Å². The Bertz CT molecular complexity index is 565. The predicted octanol–water partition coefficient (Wildman–Crippen LogP) is 6.10. The van der Waals surface area contributed by atoms with Crippen molar-refractivity contribution < 1.29 is 9.59 Å². The molecular formula is C24H41NO2. The Morgan fingerprint density at radius 2 is 1.30 bits per heavy atom. The molecule has 27 heavy (non-hydrogen) atoms. The highest BCUT2D eigenvalue weighted by Gasteiger charge is 2.20. The fourth-order valence-electron chi connectivity index (χ4n) is 2.98. The number of rotatable bonds is 14. The van der Waals surface area contributed by atoms with E-state index in [9.17, 15) is 9.59 Å². The molecule has 0 rings (SSSR count). The third kappa shape index (κ3) is 14.3. The lowest BCUT2D eigenvalue weighted by Gasteiger charge is -2.24. The molecule has 0 fully saturated rings. The molecule has 0 heterocycles. The molecule has 0 bridgehead atoms. The van der Waals surface area contributed by atoms with E-state index in [1.165, 1.54) is 11.1 Å². The number of Topliss-reactive ketones (excluding diaryl/α,β-unsaturated/α-hetero) is 2. The van der Waals surface area contributed by atoms with Crippen molar-refractivity contribution >= 4 is 11.6 Å².